The monoisotopic (exact) mass is 459 g/mol. The highest BCUT2D eigenvalue weighted by molar-refractivity contribution is 7.14. The van der Waals surface area contributed by atoms with Crippen LogP contribution in [0.3, 0.4) is 0 Å². The summed E-state index contributed by atoms with van der Waals surface area (Å²) in [4.78, 5) is 46.8. The molecule has 2 aliphatic rings. The van der Waals surface area contributed by atoms with Gasteiger partial charge in [0.15, 0.2) is 5.13 Å². The molecule has 3 amide bonds. The van der Waals surface area contributed by atoms with Gasteiger partial charge in [-0.1, -0.05) is 0 Å². The van der Waals surface area contributed by atoms with E-state index in [-0.39, 0.29) is 36.0 Å². The second-order valence-corrected chi connectivity index (χ2v) is 8.89. The van der Waals surface area contributed by atoms with Gasteiger partial charge in [-0.15, -0.1) is 11.3 Å². The first-order chi connectivity index (χ1) is 15.4. The number of rotatable bonds is 7. The summed E-state index contributed by atoms with van der Waals surface area (Å²) in [6.45, 7) is 4.05. The second-order valence-electron chi connectivity index (χ2n) is 8.04. The zero-order chi connectivity index (χ0) is 22.7. The molecule has 0 atom stereocenters. The first-order valence-corrected chi connectivity index (χ1v) is 11.6. The Kier molecular flexibility index (Phi) is 6.69. The Morgan fingerprint density at radius 2 is 1.78 bits per heavy atom. The Bertz CT molecular complexity index is 984. The van der Waals surface area contributed by atoms with Crippen LogP contribution in [0, 0.1) is 5.82 Å². The molecule has 1 aliphatic carbocycles. The fourth-order valence-electron chi connectivity index (χ4n) is 3.71. The number of benzene rings is 1. The Labute approximate surface area is 190 Å². The smallest absolute Gasteiger partial charge is 0.273 e. The number of piperazine rings is 1. The largest absolute Gasteiger partial charge is 0.339 e. The molecular weight excluding hydrogens is 433 g/mol. The Morgan fingerprint density at radius 3 is 2.41 bits per heavy atom. The van der Waals surface area contributed by atoms with Crippen LogP contribution < -0.4 is 5.32 Å². The summed E-state index contributed by atoms with van der Waals surface area (Å²) in [6.07, 6.45) is 2.12. The van der Waals surface area contributed by atoms with Crippen molar-refractivity contribution in [1.29, 1.82) is 0 Å². The predicted octanol–water partition coefficient (Wildman–Crippen LogP) is 2.71. The van der Waals surface area contributed by atoms with Gasteiger partial charge >= 0.3 is 0 Å². The van der Waals surface area contributed by atoms with Crippen LogP contribution in [0.15, 0.2) is 29.6 Å². The van der Waals surface area contributed by atoms with Crippen LogP contribution in [-0.4, -0.2) is 76.2 Å². The van der Waals surface area contributed by atoms with Gasteiger partial charge in [0.1, 0.15) is 11.5 Å². The van der Waals surface area contributed by atoms with Crippen molar-refractivity contribution in [2.24, 2.45) is 0 Å². The minimum absolute atomic E-state index is 0.00333. The summed E-state index contributed by atoms with van der Waals surface area (Å²) in [5, 5.41) is 5.33. The van der Waals surface area contributed by atoms with Gasteiger partial charge < -0.3 is 20.0 Å². The number of thiazole rings is 1. The predicted molar refractivity (Wildman–Crippen MR) is 119 cm³/mol. The molecule has 0 spiro atoms. The van der Waals surface area contributed by atoms with E-state index < -0.39 is 0 Å². The van der Waals surface area contributed by atoms with E-state index in [1.165, 1.54) is 30.4 Å². The van der Waals surface area contributed by atoms with Crippen LogP contribution in [0.2, 0.25) is 0 Å². The van der Waals surface area contributed by atoms with Crippen molar-refractivity contribution in [2.75, 3.05) is 38.0 Å². The van der Waals surface area contributed by atoms with Gasteiger partial charge in [-0.05, 0) is 37.1 Å². The Balaban J connectivity index is 1.32. The van der Waals surface area contributed by atoms with Gasteiger partial charge in [-0.2, -0.15) is 0 Å². The molecule has 1 aromatic carbocycles. The molecule has 170 valence electrons. The topological polar surface area (TPSA) is 85.9 Å². The van der Waals surface area contributed by atoms with E-state index in [1.807, 2.05) is 0 Å². The molecule has 1 saturated carbocycles. The van der Waals surface area contributed by atoms with E-state index in [9.17, 15) is 18.8 Å². The molecule has 1 aromatic heterocycles. The summed E-state index contributed by atoms with van der Waals surface area (Å²) in [6, 6.07) is 6.08. The molecule has 1 aliphatic heterocycles. The fourth-order valence-corrected chi connectivity index (χ4v) is 4.42. The second kappa shape index (κ2) is 9.64. The van der Waals surface area contributed by atoms with E-state index in [4.69, 9.17) is 0 Å². The molecule has 4 rings (SSSR count). The quantitative estimate of drug-likeness (QED) is 0.688. The van der Waals surface area contributed by atoms with Crippen molar-refractivity contribution in [2.45, 2.75) is 32.2 Å². The highest BCUT2D eigenvalue weighted by atomic mass is 32.1. The molecule has 8 nitrogen and oxygen atoms in total. The molecule has 10 heteroatoms. The summed E-state index contributed by atoms with van der Waals surface area (Å²) >= 11 is 1.31. The first-order valence-electron chi connectivity index (χ1n) is 10.7. The first kappa shape index (κ1) is 22.2. The molecular formula is C22H26FN5O3S. The zero-order valence-electron chi connectivity index (χ0n) is 17.9. The van der Waals surface area contributed by atoms with Crippen molar-refractivity contribution in [3.05, 3.63) is 41.2 Å². The van der Waals surface area contributed by atoms with Crippen molar-refractivity contribution in [1.82, 2.24) is 19.7 Å². The summed E-state index contributed by atoms with van der Waals surface area (Å²) in [5.74, 6) is -0.464. The van der Waals surface area contributed by atoms with Crippen LogP contribution in [0.4, 0.5) is 15.2 Å². The molecule has 2 heterocycles. The standard InChI is InChI=1S/C22H26FN5O3S/c1-15(29)26-10-12-27(13-11-26)20(30)8-9-28(18-6-7-18)21(31)19-14-32-22(25-19)24-17-4-2-16(23)3-5-17/h2-5,14,18H,6-13H2,1H3,(H,24,25). The lowest BCUT2D eigenvalue weighted by molar-refractivity contribution is -0.138. The van der Waals surface area contributed by atoms with Crippen LogP contribution in [-0.2, 0) is 9.59 Å². The van der Waals surface area contributed by atoms with Crippen molar-refractivity contribution in [3.63, 3.8) is 0 Å². The van der Waals surface area contributed by atoms with Gasteiger partial charge in [-0.25, -0.2) is 9.37 Å². The number of carbonyl (C=O) groups is 3. The van der Waals surface area contributed by atoms with Crippen molar-refractivity contribution < 1.29 is 18.8 Å². The van der Waals surface area contributed by atoms with E-state index in [0.29, 0.717) is 49.2 Å². The third-order valence-electron chi connectivity index (χ3n) is 5.71. The van der Waals surface area contributed by atoms with Gasteiger partial charge in [-0.3, -0.25) is 14.4 Å². The molecule has 32 heavy (non-hydrogen) atoms. The van der Waals surface area contributed by atoms with Crippen LogP contribution in [0.25, 0.3) is 0 Å². The molecule has 1 saturated heterocycles. The maximum absolute atomic E-state index is 13.1. The third kappa shape index (κ3) is 5.42. The lowest BCUT2D eigenvalue weighted by atomic mass is 10.2. The average Bonchev–Trinajstić information content (AvgIpc) is 3.52. The molecule has 1 N–H and O–H groups in total. The van der Waals surface area contributed by atoms with Gasteiger partial charge in [0.05, 0.1) is 0 Å². The third-order valence-corrected chi connectivity index (χ3v) is 6.47. The summed E-state index contributed by atoms with van der Waals surface area (Å²) in [5.41, 5.74) is 1.03. The Morgan fingerprint density at radius 1 is 1.12 bits per heavy atom. The van der Waals surface area contributed by atoms with E-state index in [1.54, 1.807) is 32.2 Å². The number of anilines is 2. The molecule has 0 radical (unpaired) electrons. The van der Waals surface area contributed by atoms with E-state index >= 15 is 0 Å². The maximum Gasteiger partial charge on any atom is 0.273 e. The number of carbonyl (C=O) groups excluding carboxylic acids is 3. The molecule has 0 bridgehead atoms. The highest BCUT2D eigenvalue weighted by Crippen LogP contribution is 2.30. The maximum atomic E-state index is 13.1. The number of nitrogens with zero attached hydrogens (tertiary/aromatic N) is 4. The number of amides is 3. The normalized spacial score (nSPS) is 16.1. The molecule has 2 fully saturated rings. The SMILES string of the molecule is CC(=O)N1CCN(C(=O)CCN(C(=O)c2csc(Nc3ccc(F)cc3)n2)C2CC2)CC1. The van der Waals surface area contributed by atoms with Crippen LogP contribution >= 0.6 is 11.3 Å². The minimum atomic E-state index is -0.319. The number of nitrogens with one attached hydrogen (secondary N) is 1. The molecule has 0 unspecified atom stereocenters. The lowest BCUT2D eigenvalue weighted by Gasteiger charge is -2.34. The number of aromatic nitrogens is 1. The van der Waals surface area contributed by atoms with Crippen molar-refractivity contribution in [3.8, 4) is 0 Å². The van der Waals surface area contributed by atoms with Crippen molar-refractivity contribution >= 4 is 39.9 Å². The zero-order valence-corrected chi connectivity index (χ0v) is 18.7. The van der Waals surface area contributed by atoms with Gasteiger partial charge in [0, 0.05) is 63.2 Å². The fraction of sp³-hybridized carbons (Fsp3) is 0.455. The molecule has 2 aromatic rings. The van der Waals surface area contributed by atoms with Crippen LogP contribution in [0.1, 0.15) is 36.7 Å². The number of hydrogen-bond donors (Lipinski definition) is 1. The number of halogens is 1. The summed E-state index contributed by atoms with van der Waals surface area (Å²) in [7, 11) is 0. The lowest BCUT2D eigenvalue weighted by Crippen LogP contribution is -2.50. The Hall–Kier alpha value is -3.01. The highest BCUT2D eigenvalue weighted by Gasteiger charge is 2.34. The minimum Gasteiger partial charge on any atom is -0.339 e. The average molecular weight is 460 g/mol. The van der Waals surface area contributed by atoms with E-state index in [0.717, 1.165) is 12.8 Å². The van der Waals surface area contributed by atoms with E-state index in [2.05, 4.69) is 10.3 Å². The van der Waals surface area contributed by atoms with Crippen LogP contribution in [0.5, 0.6) is 0 Å². The number of hydrogen-bond acceptors (Lipinski definition) is 6. The summed E-state index contributed by atoms with van der Waals surface area (Å²) < 4.78 is 13.1. The van der Waals surface area contributed by atoms with Gasteiger partial charge in [0.2, 0.25) is 11.8 Å². The van der Waals surface area contributed by atoms with Gasteiger partial charge in [0.25, 0.3) is 5.91 Å².